The maximum absolute atomic E-state index is 10.4. The zero-order valence-electron chi connectivity index (χ0n) is 20.3. The van der Waals surface area contributed by atoms with Gasteiger partial charge in [0.1, 0.15) is 0 Å². The summed E-state index contributed by atoms with van der Waals surface area (Å²) in [6.07, 6.45) is 15.8. The number of hydrogen-bond acceptors (Lipinski definition) is 1. The number of aliphatic hydroxyl groups excluding tert-OH is 1. The highest BCUT2D eigenvalue weighted by atomic mass is 16.3. The third-order valence-electron chi connectivity index (χ3n) is 10.9. The quantitative estimate of drug-likeness (QED) is 0.465. The summed E-state index contributed by atoms with van der Waals surface area (Å²) in [5.74, 6) is 3.43. The largest absolute Gasteiger partial charge is 0.393 e. The molecule has 0 spiro atoms. The fourth-order valence-corrected chi connectivity index (χ4v) is 8.83. The molecule has 0 aromatic carbocycles. The SMILES string of the molecule is CC(C)CCC[C@@H](C)[C@H]1CCC2=C3CC[C@]4(C)C[C@H](O)CC[C@]4(C)[C@H]3CC[C@@]21C. The first kappa shape index (κ1) is 21.9. The summed E-state index contributed by atoms with van der Waals surface area (Å²) < 4.78 is 0. The van der Waals surface area contributed by atoms with Crippen LogP contribution in [-0.2, 0) is 0 Å². The Kier molecular flexibility index (Phi) is 5.81. The van der Waals surface area contributed by atoms with Crippen LogP contribution in [0.25, 0.3) is 0 Å². The molecule has 1 heteroatoms. The van der Waals surface area contributed by atoms with E-state index in [0.717, 1.165) is 36.5 Å². The van der Waals surface area contributed by atoms with Crippen molar-refractivity contribution in [1.82, 2.24) is 0 Å². The van der Waals surface area contributed by atoms with Crippen molar-refractivity contribution < 1.29 is 5.11 Å². The second-order valence-corrected chi connectivity index (χ2v) is 12.8. The zero-order valence-corrected chi connectivity index (χ0v) is 20.3. The molecule has 3 fully saturated rings. The highest BCUT2D eigenvalue weighted by Gasteiger charge is 2.59. The molecule has 4 aliphatic carbocycles. The molecule has 4 aliphatic rings. The van der Waals surface area contributed by atoms with Crippen molar-refractivity contribution in [3.05, 3.63) is 11.1 Å². The molecule has 7 atom stereocenters. The highest BCUT2D eigenvalue weighted by molar-refractivity contribution is 5.35. The molecule has 1 N–H and O–H groups in total. The zero-order chi connectivity index (χ0) is 21.0. The Balaban J connectivity index is 1.57. The van der Waals surface area contributed by atoms with E-state index in [0.29, 0.717) is 16.2 Å². The first-order valence-corrected chi connectivity index (χ1v) is 13.0. The van der Waals surface area contributed by atoms with E-state index in [4.69, 9.17) is 0 Å². The second kappa shape index (κ2) is 7.68. The summed E-state index contributed by atoms with van der Waals surface area (Å²) in [4.78, 5) is 0. The molecule has 0 heterocycles. The Bertz CT molecular complexity index is 647. The monoisotopic (exact) mass is 400 g/mol. The van der Waals surface area contributed by atoms with Crippen molar-refractivity contribution in [1.29, 1.82) is 0 Å². The van der Waals surface area contributed by atoms with Gasteiger partial charge in [-0.15, -0.1) is 0 Å². The predicted octanol–water partition coefficient (Wildman–Crippen LogP) is 7.92. The lowest BCUT2D eigenvalue weighted by atomic mass is 9.43. The molecule has 3 saturated carbocycles. The van der Waals surface area contributed by atoms with Crippen LogP contribution >= 0.6 is 0 Å². The maximum atomic E-state index is 10.4. The minimum atomic E-state index is -0.0568. The molecule has 0 amide bonds. The van der Waals surface area contributed by atoms with Crippen molar-refractivity contribution in [2.24, 2.45) is 39.9 Å². The summed E-state index contributed by atoms with van der Waals surface area (Å²) in [5, 5.41) is 10.4. The van der Waals surface area contributed by atoms with Gasteiger partial charge in [-0.05, 0) is 97.7 Å². The molecule has 0 saturated heterocycles. The smallest absolute Gasteiger partial charge is 0.0545 e. The van der Waals surface area contributed by atoms with Crippen LogP contribution in [0.2, 0.25) is 0 Å². The summed E-state index contributed by atoms with van der Waals surface area (Å²) >= 11 is 0. The van der Waals surface area contributed by atoms with Crippen molar-refractivity contribution in [2.45, 2.75) is 125 Å². The van der Waals surface area contributed by atoms with Crippen LogP contribution in [0.15, 0.2) is 11.1 Å². The summed E-state index contributed by atoms with van der Waals surface area (Å²) in [6, 6.07) is 0. The van der Waals surface area contributed by atoms with Crippen LogP contribution in [0, 0.1) is 39.9 Å². The average Bonchev–Trinajstić information content (AvgIpc) is 2.99. The maximum Gasteiger partial charge on any atom is 0.0545 e. The fourth-order valence-electron chi connectivity index (χ4n) is 8.83. The third kappa shape index (κ3) is 3.46. The normalized spacial score (nSPS) is 45.7. The van der Waals surface area contributed by atoms with Crippen LogP contribution in [0.4, 0.5) is 0 Å². The lowest BCUT2D eigenvalue weighted by Crippen LogP contribution is -2.54. The van der Waals surface area contributed by atoms with Crippen molar-refractivity contribution in [3.8, 4) is 0 Å². The van der Waals surface area contributed by atoms with E-state index in [2.05, 4.69) is 41.5 Å². The molecule has 0 radical (unpaired) electrons. The Labute approximate surface area is 181 Å². The Morgan fingerprint density at radius 3 is 2.41 bits per heavy atom. The highest BCUT2D eigenvalue weighted by Crippen LogP contribution is 2.69. The molecule has 166 valence electrons. The van der Waals surface area contributed by atoms with E-state index in [9.17, 15) is 5.11 Å². The summed E-state index contributed by atoms with van der Waals surface area (Å²) in [6.45, 7) is 15.1. The first-order chi connectivity index (χ1) is 13.6. The van der Waals surface area contributed by atoms with Gasteiger partial charge >= 0.3 is 0 Å². The van der Waals surface area contributed by atoms with Gasteiger partial charge in [0.05, 0.1) is 6.10 Å². The molecule has 29 heavy (non-hydrogen) atoms. The van der Waals surface area contributed by atoms with Gasteiger partial charge in [-0.2, -0.15) is 0 Å². The number of hydrogen-bond donors (Lipinski definition) is 1. The Morgan fingerprint density at radius 1 is 0.931 bits per heavy atom. The summed E-state index contributed by atoms with van der Waals surface area (Å²) in [5.41, 5.74) is 5.07. The van der Waals surface area contributed by atoms with Gasteiger partial charge in [-0.3, -0.25) is 0 Å². The van der Waals surface area contributed by atoms with Gasteiger partial charge in [-0.1, -0.05) is 72.0 Å². The molecule has 0 aromatic heterocycles. The Morgan fingerprint density at radius 2 is 1.69 bits per heavy atom. The third-order valence-corrected chi connectivity index (χ3v) is 10.9. The average molecular weight is 401 g/mol. The lowest BCUT2D eigenvalue weighted by molar-refractivity contribution is -0.101. The van der Waals surface area contributed by atoms with E-state index < -0.39 is 0 Å². The van der Waals surface area contributed by atoms with Crippen LogP contribution in [0.5, 0.6) is 0 Å². The molecule has 0 aliphatic heterocycles. The minimum Gasteiger partial charge on any atom is -0.393 e. The number of aliphatic hydroxyl groups is 1. The fraction of sp³-hybridized carbons (Fsp3) is 0.929. The standard InChI is InChI=1S/C28H48O/c1-19(2)8-7-9-20(3)23-10-11-24-22-13-15-26(4)18-21(29)12-17-28(26,6)25(22)14-16-27(23,24)5/h19-21,23,25,29H,7-18H2,1-6H3/t20-,21-,23-,25+,26-,27-,28-/m1/s1. The van der Waals surface area contributed by atoms with Gasteiger partial charge in [0.2, 0.25) is 0 Å². The molecular formula is C28H48O. The van der Waals surface area contributed by atoms with Crippen LogP contribution in [-0.4, -0.2) is 11.2 Å². The van der Waals surface area contributed by atoms with Crippen molar-refractivity contribution >= 4 is 0 Å². The van der Waals surface area contributed by atoms with E-state index in [1.54, 1.807) is 0 Å². The number of fused-ring (bicyclic) bond motifs is 4. The molecule has 0 aromatic rings. The van der Waals surface area contributed by atoms with Gasteiger partial charge in [0.25, 0.3) is 0 Å². The van der Waals surface area contributed by atoms with Crippen LogP contribution < -0.4 is 0 Å². The number of allylic oxidation sites excluding steroid dienone is 2. The Hall–Kier alpha value is -0.300. The van der Waals surface area contributed by atoms with Crippen LogP contribution in [0.1, 0.15) is 119 Å². The van der Waals surface area contributed by atoms with Crippen LogP contribution in [0.3, 0.4) is 0 Å². The molecular weight excluding hydrogens is 352 g/mol. The summed E-state index contributed by atoms with van der Waals surface area (Å²) in [7, 11) is 0. The number of rotatable bonds is 5. The lowest BCUT2D eigenvalue weighted by Gasteiger charge is -2.62. The molecule has 1 nitrogen and oxygen atoms in total. The van der Waals surface area contributed by atoms with E-state index >= 15 is 0 Å². The molecule has 4 rings (SSSR count). The van der Waals surface area contributed by atoms with Crippen molar-refractivity contribution in [3.63, 3.8) is 0 Å². The van der Waals surface area contributed by atoms with Gasteiger partial charge in [-0.25, -0.2) is 0 Å². The second-order valence-electron chi connectivity index (χ2n) is 12.8. The van der Waals surface area contributed by atoms with Gasteiger partial charge in [0.15, 0.2) is 0 Å². The molecule has 0 unspecified atom stereocenters. The van der Waals surface area contributed by atoms with E-state index in [1.807, 2.05) is 11.1 Å². The predicted molar refractivity (Wildman–Crippen MR) is 124 cm³/mol. The molecule has 0 bridgehead atoms. The first-order valence-electron chi connectivity index (χ1n) is 13.0. The minimum absolute atomic E-state index is 0.0568. The van der Waals surface area contributed by atoms with E-state index in [1.165, 1.54) is 64.2 Å². The van der Waals surface area contributed by atoms with E-state index in [-0.39, 0.29) is 6.10 Å². The van der Waals surface area contributed by atoms with Crippen molar-refractivity contribution in [2.75, 3.05) is 0 Å². The topological polar surface area (TPSA) is 20.2 Å². The van der Waals surface area contributed by atoms with Gasteiger partial charge in [0, 0.05) is 0 Å². The van der Waals surface area contributed by atoms with Gasteiger partial charge < -0.3 is 5.11 Å².